The lowest BCUT2D eigenvalue weighted by atomic mass is 10.1. The predicted octanol–water partition coefficient (Wildman–Crippen LogP) is 3.89. The molecule has 0 amide bonds. The number of hydrogen-bond donors (Lipinski definition) is 2. The first kappa shape index (κ1) is 12.3. The van der Waals surface area contributed by atoms with E-state index in [9.17, 15) is 4.39 Å². The lowest BCUT2D eigenvalue weighted by molar-refractivity contribution is 0.343. The summed E-state index contributed by atoms with van der Waals surface area (Å²) in [4.78, 5) is 3.36. The Labute approximate surface area is 112 Å². The zero-order valence-corrected chi connectivity index (χ0v) is 11.4. The molecule has 2 nitrogen and oxygen atoms in total. The maximum absolute atomic E-state index is 13.7. The van der Waals surface area contributed by atoms with Crippen molar-refractivity contribution in [3.05, 3.63) is 47.3 Å². The van der Waals surface area contributed by atoms with Crippen molar-refractivity contribution in [1.29, 1.82) is 0 Å². The van der Waals surface area contributed by atoms with Crippen LogP contribution < -0.4 is 5.32 Å². The van der Waals surface area contributed by atoms with Gasteiger partial charge in [-0.1, -0.05) is 6.58 Å². The maximum Gasteiger partial charge on any atom is 0.149 e. The van der Waals surface area contributed by atoms with Crippen molar-refractivity contribution in [1.82, 2.24) is 10.3 Å². The first-order valence-corrected chi connectivity index (χ1v) is 6.69. The minimum absolute atomic E-state index is 0.513. The highest BCUT2D eigenvalue weighted by molar-refractivity contribution is 5.82. The SMILES string of the molecule is C=C(NCc1cc2cc(C)c(C)cc2[nH]1)C1(F)CC1. The highest BCUT2D eigenvalue weighted by Gasteiger charge is 2.46. The molecular formula is C16H19FN2. The smallest absolute Gasteiger partial charge is 0.149 e. The molecule has 1 aromatic carbocycles. The maximum atomic E-state index is 13.7. The number of alkyl halides is 1. The fraction of sp³-hybridized carbons (Fsp3) is 0.375. The number of rotatable bonds is 4. The molecule has 0 unspecified atom stereocenters. The third-order valence-corrected chi connectivity index (χ3v) is 4.01. The molecule has 3 rings (SSSR count). The molecule has 1 aliphatic rings. The number of H-pyrrole nitrogens is 1. The Morgan fingerprint density at radius 1 is 1.32 bits per heavy atom. The third kappa shape index (κ3) is 2.25. The summed E-state index contributed by atoms with van der Waals surface area (Å²) in [5.41, 5.74) is 4.12. The van der Waals surface area contributed by atoms with Crippen molar-refractivity contribution in [2.45, 2.75) is 38.9 Å². The molecule has 0 saturated heterocycles. The van der Waals surface area contributed by atoms with Crippen LogP contribution in [-0.4, -0.2) is 10.7 Å². The number of aromatic amines is 1. The summed E-state index contributed by atoms with van der Waals surface area (Å²) in [6.07, 6.45) is 1.20. The van der Waals surface area contributed by atoms with Crippen molar-refractivity contribution in [2.24, 2.45) is 0 Å². The van der Waals surface area contributed by atoms with Gasteiger partial charge in [-0.2, -0.15) is 0 Å². The molecule has 0 spiro atoms. The van der Waals surface area contributed by atoms with Crippen LogP contribution in [0.3, 0.4) is 0 Å². The van der Waals surface area contributed by atoms with Crippen molar-refractivity contribution in [3.63, 3.8) is 0 Å². The number of nitrogens with one attached hydrogen (secondary N) is 2. The van der Waals surface area contributed by atoms with E-state index in [1.165, 1.54) is 16.5 Å². The standard InChI is InChI=1S/C16H19FN2/c1-10-6-13-8-14(19-15(13)7-11(10)2)9-18-12(3)16(17)4-5-16/h6-8,18-19H,3-5,9H2,1-2H3. The molecule has 0 bridgehead atoms. The van der Waals surface area contributed by atoms with E-state index in [-0.39, 0.29) is 0 Å². The van der Waals surface area contributed by atoms with E-state index in [1.54, 1.807) is 0 Å². The molecular weight excluding hydrogens is 239 g/mol. The molecule has 1 fully saturated rings. The van der Waals surface area contributed by atoms with Gasteiger partial charge in [0.05, 0.1) is 6.54 Å². The van der Waals surface area contributed by atoms with Gasteiger partial charge in [0.15, 0.2) is 0 Å². The normalized spacial score (nSPS) is 16.6. The van der Waals surface area contributed by atoms with Gasteiger partial charge in [-0.25, -0.2) is 4.39 Å². The van der Waals surface area contributed by atoms with E-state index in [0.29, 0.717) is 25.1 Å². The summed E-state index contributed by atoms with van der Waals surface area (Å²) < 4.78 is 13.7. The number of halogens is 1. The number of aryl methyl sites for hydroxylation is 2. The average Bonchev–Trinajstić information content (AvgIpc) is 2.99. The van der Waals surface area contributed by atoms with Crippen LogP contribution >= 0.6 is 0 Å². The van der Waals surface area contributed by atoms with Crippen molar-refractivity contribution >= 4 is 10.9 Å². The van der Waals surface area contributed by atoms with Crippen molar-refractivity contribution in [2.75, 3.05) is 0 Å². The van der Waals surface area contributed by atoms with Crippen LogP contribution in [0.2, 0.25) is 0 Å². The van der Waals surface area contributed by atoms with E-state index in [0.717, 1.165) is 11.2 Å². The van der Waals surface area contributed by atoms with E-state index in [2.05, 4.69) is 48.9 Å². The molecule has 1 aliphatic carbocycles. The van der Waals surface area contributed by atoms with Gasteiger partial charge in [-0.05, 0) is 61.4 Å². The number of aromatic nitrogens is 1. The van der Waals surface area contributed by atoms with Gasteiger partial charge >= 0.3 is 0 Å². The lowest BCUT2D eigenvalue weighted by Gasteiger charge is -2.11. The second-order valence-electron chi connectivity index (χ2n) is 5.62. The highest BCUT2D eigenvalue weighted by Crippen LogP contribution is 2.44. The Balaban J connectivity index is 1.76. The molecule has 1 heterocycles. The molecule has 0 aliphatic heterocycles. The molecule has 19 heavy (non-hydrogen) atoms. The van der Waals surface area contributed by atoms with Crippen LogP contribution in [0.4, 0.5) is 4.39 Å². The fourth-order valence-electron chi connectivity index (χ4n) is 2.33. The second kappa shape index (κ2) is 4.12. The fourth-order valence-corrected chi connectivity index (χ4v) is 2.33. The van der Waals surface area contributed by atoms with Gasteiger partial charge in [0, 0.05) is 16.9 Å². The van der Waals surface area contributed by atoms with Crippen molar-refractivity contribution < 1.29 is 4.39 Å². The van der Waals surface area contributed by atoms with E-state index >= 15 is 0 Å². The molecule has 100 valence electrons. The monoisotopic (exact) mass is 258 g/mol. The van der Waals surface area contributed by atoms with Gasteiger partial charge < -0.3 is 10.3 Å². The van der Waals surface area contributed by atoms with Crippen LogP contribution in [0, 0.1) is 13.8 Å². The van der Waals surface area contributed by atoms with E-state index in [1.807, 2.05) is 0 Å². The van der Waals surface area contributed by atoms with Crippen LogP contribution in [0.5, 0.6) is 0 Å². The molecule has 3 heteroatoms. The summed E-state index contributed by atoms with van der Waals surface area (Å²) in [5.74, 6) is 0. The molecule has 0 radical (unpaired) electrons. The minimum Gasteiger partial charge on any atom is -0.381 e. The summed E-state index contributed by atoms with van der Waals surface area (Å²) in [5, 5.41) is 4.29. The van der Waals surface area contributed by atoms with Gasteiger partial charge in [0.1, 0.15) is 5.67 Å². The van der Waals surface area contributed by atoms with Gasteiger partial charge in [0.25, 0.3) is 0 Å². The number of benzene rings is 1. The molecule has 1 aromatic heterocycles. The van der Waals surface area contributed by atoms with Crippen LogP contribution in [-0.2, 0) is 6.54 Å². The molecule has 2 aromatic rings. The topological polar surface area (TPSA) is 27.8 Å². The third-order valence-electron chi connectivity index (χ3n) is 4.01. The number of hydrogen-bond acceptors (Lipinski definition) is 1. The largest absolute Gasteiger partial charge is 0.381 e. The van der Waals surface area contributed by atoms with Gasteiger partial charge in [-0.3, -0.25) is 0 Å². The summed E-state index contributed by atoms with van der Waals surface area (Å²) in [6.45, 7) is 8.60. The summed E-state index contributed by atoms with van der Waals surface area (Å²) in [6, 6.07) is 6.44. The predicted molar refractivity (Wildman–Crippen MR) is 76.8 cm³/mol. The van der Waals surface area contributed by atoms with Crippen LogP contribution in [0.25, 0.3) is 10.9 Å². The molecule has 0 atom stereocenters. The van der Waals surface area contributed by atoms with Gasteiger partial charge in [-0.15, -0.1) is 0 Å². The van der Waals surface area contributed by atoms with Crippen LogP contribution in [0.1, 0.15) is 29.7 Å². The zero-order valence-electron chi connectivity index (χ0n) is 11.4. The number of fused-ring (bicyclic) bond motifs is 1. The summed E-state index contributed by atoms with van der Waals surface area (Å²) >= 11 is 0. The average molecular weight is 258 g/mol. The lowest BCUT2D eigenvalue weighted by Crippen LogP contribution is -2.21. The Kier molecular flexibility index (Phi) is 2.66. The quantitative estimate of drug-likeness (QED) is 0.855. The van der Waals surface area contributed by atoms with Crippen LogP contribution in [0.15, 0.2) is 30.5 Å². The molecule has 2 N–H and O–H groups in total. The molecule has 1 saturated carbocycles. The minimum atomic E-state index is -1.15. The summed E-state index contributed by atoms with van der Waals surface area (Å²) in [7, 11) is 0. The van der Waals surface area contributed by atoms with Crippen molar-refractivity contribution in [3.8, 4) is 0 Å². The Morgan fingerprint density at radius 3 is 2.68 bits per heavy atom. The first-order chi connectivity index (χ1) is 8.98. The zero-order chi connectivity index (χ0) is 13.6. The second-order valence-corrected chi connectivity index (χ2v) is 5.62. The Morgan fingerprint density at radius 2 is 2.00 bits per heavy atom. The van der Waals surface area contributed by atoms with Gasteiger partial charge in [0.2, 0.25) is 0 Å². The highest BCUT2D eigenvalue weighted by atomic mass is 19.1. The Hall–Kier alpha value is -1.77. The first-order valence-electron chi connectivity index (χ1n) is 6.69. The number of allylic oxidation sites excluding steroid dienone is 1. The van der Waals surface area contributed by atoms with E-state index in [4.69, 9.17) is 0 Å². The van der Waals surface area contributed by atoms with E-state index < -0.39 is 5.67 Å². The Bertz CT molecular complexity index is 611.